The van der Waals surface area contributed by atoms with Gasteiger partial charge in [0.2, 0.25) is 0 Å². The fourth-order valence-electron chi connectivity index (χ4n) is 0.954. The molecule has 0 fully saturated rings. The summed E-state index contributed by atoms with van der Waals surface area (Å²) in [5.41, 5.74) is 5.84. The Labute approximate surface area is 101 Å². The number of aromatic nitrogens is 1. The zero-order valence-corrected chi connectivity index (χ0v) is 10.7. The first kappa shape index (κ1) is 14.3. The molecule has 3 nitrogen and oxygen atoms in total. The smallest absolute Gasteiger partial charge is 0.141 e. The molecule has 0 unspecified atom stereocenters. The molecule has 0 bridgehead atoms. The molecule has 1 aromatic rings. The number of halogens is 1. The molecule has 0 saturated heterocycles. The quantitative estimate of drug-likeness (QED) is 0.478. The molecule has 0 amide bonds. The monoisotopic (exact) mass is 245 g/mol. The van der Waals surface area contributed by atoms with Gasteiger partial charge < -0.3 is 5.73 Å². The van der Waals surface area contributed by atoms with E-state index in [1.165, 1.54) is 0 Å². The van der Waals surface area contributed by atoms with E-state index in [2.05, 4.69) is 25.8 Å². The Balaban J connectivity index is 0.00000196. The Morgan fingerprint density at radius 2 is 2.00 bits per heavy atom. The summed E-state index contributed by atoms with van der Waals surface area (Å²) >= 11 is 1.75. The average molecular weight is 246 g/mol. The molecule has 1 rings (SSSR count). The van der Waals surface area contributed by atoms with E-state index in [0.29, 0.717) is 5.69 Å². The van der Waals surface area contributed by atoms with Crippen LogP contribution in [0.25, 0.3) is 0 Å². The zero-order valence-electron chi connectivity index (χ0n) is 9.07. The van der Waals surface area contributed by atoms with Crippen molar-refractivity contribution in [3.05, 3.63) is 24.0 Å². The highest BCUT2D eigenvalue weighted by atomic mass is 35.5. The van der Waals surface area contributed by atoms with Gasteiger partial charge in [0.1, 0.15) is 11.5 Å². The molecular weight excluding hydrogens is 230 g/mol. The van der Waals surface area contributed by atoms with Crippen LogP contribution in [0.4, 0.5) is 0 Å². The van der Waals surface area contributed by atoms with Crippen molar-refractivity contribution in [1.29, 1.82) is 5.41 Å². The SMILES string of the molecule is CC(C)(C)Sc1ccc(C(=N)N)nc1.Cl. The highest BCUT2D eigenvalue weighted by molar-refractivity contribution is 8.00. The number of nitrogens with two attached hydrogens (primary N) is 1. The largest absolute Gasteiger partial charge is 0.382 e. The van der Waals surface area contributed by atoms with Crippen LogP contribution in [0, 0.1) is 5.41 Å². The third-order valence-corrected chi connectivity index (χ3v) is 2.53. The molecular formula is C10H16ClN3S. The first-order valence-corrected chi connectivity index (χ1v) is 5.19. The van der Waals surface area contributed by atoms with E-state index in [4.69, 9.17) is 11.1 Å². The lowest BCUT2D eigenvalue weighted by atomic mass is 10.3. The van der Waals surface area contributed by atoms with E-state index < -0.39 is 0 Å². The van der Waals surface area contributed by atoms with Crippen LogP contribution in [0.1, 0.15) is 26.5 Å². The highest BCUT2D eigenvalue weighted by Gasteiger charge is 2.12. The molecule has 3 N–H and O–H groups in total. The topological polar surface area (TPSA) is 62.8 Å². The van der Waals surface area contributed by atoms with Crippen LogP contribution in [0.3, 0.4) is 0 Å². The van der Waals surface area contributed by atoms with Gasteiger partial charge in [-0.3, -0.25) is 10.4 Å². The molecule has 5 heteroatoms. The summed E-state index contributed by atoms with van der Waals surface area (Å²) in [5.74, 6) is 0.0114. The van der Waals surface area contributed by atoms with E-state index in [0.717, 1.165) is 4.90 Å². The van der Waals surface area contributed by atoms with E-state index in [-0.39, 0.29) is 23.0 Å². The molecule has 0 aliphatic heterocycles. The van der Waals surface area contributed by atoms with E-state index in [9.17, 15) is 0 Å². The first-order chi connectivity index (χ1) is 6.38. The maximum Gasteiger partial charge on any atom is 0.141 e. The summed E-state index contributed by atoms with van der Waals surface area (Å²) in [4.78, 5) is 5.19. The number of pyridine rings is 1. The van der Waals surface area contributed by atoms with Gasteiger partial charge in [-0.2, -0.15) is 0 Å². The lowest BCUT2D eigenvalue weighted by Crippen LogP contribution is -2.13. The van der Waals surface area contributed by atoms with Crippen LogP contribution >= 0.6 is 24.2 Å². The third kappa shape index (κ3) is 5.04. The average Bonchev–Trinajstić information content (AvgIpc) is 2.02. The summed E-state index contributed by atoms with van der Waals surface area (Å²) in [5, 5.41) is 7.19. The van der Waals surface area contributed by atoms with E-state index in [1.54, 1.807) is 24.0 Å². The molecule has 15 heavy (non-hydrogen) atoms. The van der Waals surface area contributed by atoms with Crippen molar-refractivity contribution < 1.29 is 0 Å². The van der Waals surface area contributed by atoms with Crippen molar-refractivity contribution in [3.8, 4) is 0 Å². The van der Waals surface area contributed by atoms with Crippen LogP contribution in [0.15, 0.2) is 23.2 Å². The number of nitrogen functional groups attached to an aromatic ring is 1. The molecule has 1 aromatic heterocycles. The highest BCUT2D eigenvalue weighted by Crippen LogP contribution is 2.30. The Bertz CT molecular complexity index is 330. The normalized spacial score (nSPS) is 10.6. The number of thioether (sulfide) groups is 1. The molecule has 1 heterocycles. The lowest BCUT2D eigenvalue weighted by molar-refractivity contribution is 0.802. The van der Waals surface area contributed by atoms with Crippen molar-refractivity contribution >= 4 is 30.0 Å². The van der Waals surface area contributed by atoms with Gasteiger partial charge in [-0.05, 0) is 12.1 Å². The fourth-order valence-corrected chi connectivity index (χ4v) is 1.90. The van der Waals surface area contributed by atoms with Crippen molar-refractivity contribution in [2.45, 2.75) is 30.4 Å². The number of hydrogen-bond acceptors (Lipinski definition) is 3. The number of nitrogens with zero attached hydrogens (tertiary/aromatic N) is 1. The van der Waals surface area contributed by atoms with Crippen LogP contribution in [-0.2, 0) is 0 Å². The van der Waals surface area contributed by atoms with Crippen LogP contribution < -0.4 is 5.73 Å². The van der Waals surface area contributed by atoms with Crippen LogP contribution in [-0.4, -0.2) is 15.6 Å². The minimum atomic E-state index is 0. The van der Waals surface area contributed by atoms with Crippen molar-refractivity contribution in [2.75, 3.05) is 0 Å². The minimum absolute atomic E-state index is 0. The minimum Gasteiger partial charge on any atom is -0.382 e. The third-order valence-electron chi connectivity index (χ3n) is 1.44. The molecule has 0 aliphatic rings. The fraction of sp³-hybridized carbons (Fsp3) is 0.400. The predicted octanol–water partition coefficient (Wildman–Crippen LogP) is 2.68. The second-order valence-corrected chi connectivity index (χ2v) is 5.91. The molecule has 0 spiro atoms. The summed E-state index contributed by atoms with van der Waals surface area (Å²) in [6.07, 6.45) is 1.76. The Morgan fingerprint density at radius 3 is 2.33 bits per heavy atom. The lowest BCUT2D eigenvalue weighted by Gasteiger charge is -2.17. The van der Waals surface area contributed by atoms with Gasteiger partial charge in [0.05, 0.1) is 0 Å². The standard InChI is InChI=1S/C10H15N3S.ClH/c1-10(2,3)14-7-4-5-8(9(11)12)13-6-7;/h4-6H,1-3H3,(H3,11,12);1H. The predicted molar refractivity (Wildman–Crippen MR) is 68.1 cm³/mol. The second-order valence-electron chi connectivity index (χ2n) is 4.01. The number of nitrogens with one attached hydrogen (secondary N) is 1. The Morgan fingerprint density at radius 1 is 1.40 bits per heavy atom. The van der Waals surface area contributed by atoms with Crippen LogP contribution in [0.5, 0.6) is 0 Å². The Kier molecular flexibility index (Phi) is 5.11. The second kappa shape index (κ2) is 5.37. The van der Waals surface area contributed by atoms with Gasteiger partial charge in [0.25, 0.3) is 0 Å². The summed E-state index contributed by atoms with van der Waals surface area (Å²) in [7, 11) is 0. The van der Waals surface area contributed by atoms with E-state index in [1.807, 2.05) is 6.07 Å². The van der Waals surface area contributed by atoms with Gasteiger partial charge in [0, 0.05) is 15.8 Å². The van der Waals surface area contributed by atoms with Gasteiger partial charge in [-0.1, -0.05) is 20.8 Å². The van der Waals surface area contributed by atoms with E-state index >= 15 is 0 Å². The molecule has 0 aromatic carbocycles. The summed E-state index contributed by atoms with van der Waals surface area (Å²) in [6.45, 7) is 6.45. The molecule has 0 aliphatic carbocycles. The van der Waals surface area contributed by atoms with Crippen molar-refractivity contribution in [2.24, 2.45) is 5.73 Å². The summed E-state index contributed by atoms with van der Waals surface area (Å²) in [6, 6.07) is 3.72. The maximum absolute atomic E-state index is 7.19. The molecule has 0 saturated carbocycles. The zero-order chi connectivity index (χ0) is 10.8. The number of amidine groups is 1. The number of hydrogen-bond donors (Lipinski definition) is 2. The van der Waals surface area contributed by atoms with Crippen molar-refractivity contribution in [1.82, 2.24) is 4.98 Å². The first-order valence-electron chi connectivity index (χ1n) is 4.38. The van der Waals surface area contributed by atoms with Gasteiger partial charge in [-0.25, -0.2) is 0 Å². The van der Waals surface area contributed by atoms with Crippen LogP contribution in [0.2, 0.25) is 0 Å². The Hall–Kier alpha value is -0.740. The van der Waals surface area contributed by atoms with Gasteiger partial charge in [0.15, 0.2) is 0 Å². The number of rotatable bonds is 2. The molecule has 0 radical (unpaired) electrons. The maximum atomic E-state index is 7.19. The molecule has 0 atom stereocenters. The van der Waals surface area contributed by atoms with Gasteiger partial charge in [-0.15, -0.1) is 24.2 Å². The van der Waals surface area contributed by atoms with Crippen molar-refractivity contribution in [3.63, 3.8) is 0 Å². The van der Waals surface area contributed by atoms with Gasteiger partial charge >= 0.3 is 0 Å². The molecule has 84 valence electrons. The summed E-state index contributed by atoms with van der Waals surface area (Å²) < 4.78 is 0.180.